The fourth-order valence-corrected chi connectivity index (χ4v) is 3.91. The van der Waals surface area contributed by atoms with Crippen LogP contribution in [0.15, 0.2) is 53.4 Å². The summed E-state index contributed by atoms with van der Waals surface area (Å²) in [7, 11) is 0. The van der Waals surface area contributed by atoms with Gasteiger partial charge in [-0.25, -0.2) is 0 Å². The summed E-state index contributed by atoms with van der Waals surface area (Å²) in [5.74, 6) is 0.642. The molecule has 2 aromatic carbocycles. The topological polar surface area (TPSA) is 49.4 Å². The van der Waals surface area contributed by atoms with Crippen molar-refractivity contribution in [2.45, 2.75) is 56.1 Å². The summed E-state index contributed by atoms with van der Waals surface area (Å²) in [6.45, 7) is 2.68. The molecule has 2 aliphatic rings. The van der Waals surface area contributed by atoms with Gasteiger partial charge in [-0.05, 0) is 62.4 Å². The smallest absolute Gasteiger partial charge is 0.251 e. The highest BCUT2D eigenvalue weighted by molar-refractivity contribution is 8.00. The second kappa shape index (κ2) is 8.39. The third-order valence-electron chi connectivity index (χ3n) is 5.17. The average Bonchev–Trinajstić information content (AvgIpc) is 3.60. The molecule has 0 spiro atoms. The molecule has 0 atom stereocenters. The first-order valence-electron chi connectivity index (χ1n) is 9.97. The van der Waals surface area contributed by atoms with E-state index in [1.807, 2.05) is 29.2 Å². The zero-order chi connectivity index (χ0) is 19.5. The molecular weight excluding hydrogens is 368 g/mol. The van der Waals surface area contributed by atoms with E-state index >= 15 is 0 Å². The predicted octanol–water partition coefficient (Wildman–Crippen LogP) is 4.17. The third-order valence-corrected chi connectivity index (χ3v) is 6.17. The minimum absolute atomic E-state index is 0.00123. The Bertz CT molecular complexity index is 840. The first kappa shape index (κ1) is 19.1. The number of aryl methyl sites for hydroxylation is 1. The molecular formula is C23H26N2O2S. The largest absolute Gasteiger partial charge is 0.349 e. The van der Waals surface area contributed by atoms with Gasteiger partial charge in [-0.15, -0.1) is 11.8 Å². The fraction of sp³-hybridized carbons (Fsp3) is 0.391. The zero-order valence-corrected chi connectivity index (χ0v) is 17.0. The Morgan fingerprint density at radius 1 is 1.00 bits per heavy atom. The van der Waals surface area contributed by atoms with Crippen molar-refractivity contribution in [2.75, 3.05) is 5.75 Å². The van der Waals surface area contributed by atoms with Crippen LogP contribution in [0.5, 0.6) is 0 Å². The highest BCUT2D eigenvalue weighted by Gasteiger charge is 2.32. The van der Waals surface area contributed by atoms with Gasteiger partial charge in [0.15, 0.2) is 0 Å². The number of nitrogens with zero attached hydrogens (tertiary/aromatic N) is 1. The molecule has 0 unspecified atom stereocenters. The molecule has 0 aliphatic heterocycles. The van der Waals surface area contributed by atoms with E-state index in [2.05, 4.69) is 36.5 Å². The Kier molecular flexibility index (Phi) is 5.72. The molecule has 4 rings (SSSR count). The number of amides is 2. The van der Waals surface area contributed by atoms with Crippen LogP contribution >= 0.6 is 11.8 Å². The van der Waals surface area contributed by atoms with Crippen molar-refractivity contribution in [2.24, 2.45) is 0 Å². The van der Waals surface area contributed by atoms with Gasteiger partial charge in [0.25, 0.3) is 5.91 Å². The highest BCUT2D eigenvalue weighted by atomic mass is 32.2. The van der Waals surface area contributed by atoms with Crippen LogP contribution in [0.3, 0.4) is 0 Å². The summed E-state index contributed by atoms with van der Waals surface area (Å²) in [6.07, 6.45) is 4.34. The van der Waals surface area contributed by atoms with Crippen molar-refractivity contribution in [1.82, 2.24) is 10.2 Å². The number of carbonyl (C=O) groups is 2. The molecule has 146 valence electrons. The monoisotopic (exact) mass is 394 g/mol. The number of rotatable bonds is 8. The Morgan fingerprint density at radius 2 is 1.68 bits per heavy atom. The quantitative estimate of drug-likeness (QED) is 0.684. The summed E-state index contributed by atoms with van der Waals surface area (Å²) in [4.78, 5) is 28.1. The van der Waals surface area contributed by atoms with Crippen LogP contribution in [0.4, 0.5) is 0 Å². The van der Waals surface area contributed by atoms with E-state index in [4.69, 9.17) is 0 Å². The van der Waals surface area contributed by atoms with Crippen LogP contribution < -0.4 is 5.32 Å². The number of benzene rings is 2. The molecule has 0 radical (unpaired) electrons. The van der Waals surface area contributed by atoms with E-state index in [-0.39, 0.29) is 11.8 Å². The van der Waals surface area contributed by atoms with Gasteiger partial charge < -0.3 is 10.2 Å². The van der Waals surface area contributed by atoms with Gasteiger partial charge in [-0.3, -0.25) is 9.59 Å². The second-order valence-corrected chi connectivity index (χ2v) is 8.85. The number of carbonyl (C=O) groups excluding carboxylic acids is 2. The molecule has 2 fully saturated rings. The van der Waals surface area contributed by atoms with E-state index in [0.717, 1.165) is 36.1 Å². The Morgan fingerprint density at radius 3 is 2.29 bits per heavy atom. The van der Waals surface area contributed by atoms with Crippen molar-refractivity contribution in [1.29, 1.82) is 0 Å². The van der Waals surface area contributed by atoms with Crippen LogP contribution in [0.2, 0.25) is 0 Å². The van der Waals surface area contributed by atoms with Crippen molar-refractivity contribution in [3.05, 3.63) is 65.2 Å². The lowest BCUT2D eigenvalue weighted by atomic mass is 10.1. The first-order chi connectivity index (χ1) is 13.6. The number of thioether (sulfide) groups is 1. The lowest BCUT2D eigenvalue weighted by molar-refractivity contribution is -0.129. The van der Waals surface area contributed by atoms with Crippen LogP contribution in [0.1, 0.15) is 47.2 Å². The minimum Gasteiger partial charge on any atom is -0.349 e. The van der Waals surface area contributed by atoms with Gasteiger partial charge in [-0.1, -0.05) is 29.8 Å². The van der Waals surface area contributed by atoms with Gasteiger partial charge in [0.2, 0.25) is 5.91 Å². The summed E-state index contributed by atoms with van der Waals surface area (Å²) in [6, 6.07) is 16.7. The second-order valence-electron chi connectivity index (χ2n) is 7.80. The molecule has 0 heterocycles. The van der Waals surface area contributed by atoms with E-state index < -0.39 is 0 Å². The van der Waals surface area contributed by atoms with Crippen molar-refractivity contribution in [3.63, 3.8) is 0 Å². The van der Waals surface area contributed by atoms with E-state index in [1.54, 1.807) is 11.8 Å². The Hall–Kier alpha value is -2.27. The molecule has 2 aromatic rings. The van der Waals surface area contributed by atoms with Gasteiger partial charge >= 0.3 is 0 Å². The third kappa shape index (κ3) is 5.16. The molecule has 1 N–H and O–H groups in total. The summed E-state index contributed by atoms with van der Waals surface area (Å²) >= 11 is 1.60. The fourth-order valence-electron chi connectivity index (χ4n) is 3.12. The molecule has 2 saturated carbocycles. The number of hydrogen-bond acceptors (Lipinski definition) is 3. The van der Waals surface area contributed by atoms with E-state index in [1.165, 1.54) is 5.56 Å². The Balaban J connectivity index is 1.34. The zero-order valence-electron chi connectivity index (χ0n) is 16.2. The van der Waals surface area contributed by atoms with Crippen LogP contribution in [-0.2, 0) is 11.3 Å². The van der Waals surface area contributed by atoms with Crippen molar-refractivity contribution >= 4 is 23.6 Å². The maximum Gasteiger partial charge on any atom is 0.251 e. The first-order valence-corrected chi connectivity index (χ1v) is 11.0. The van der Waals surface area contributed by atoms with Gasteiger partial charge in [0, 0.05) is 29.1 Å². The molecule has 2 aliphatic carbocycles. The molecule has 0 bridgehead atoms. The van der Waals surface area contributed by atoms with Crippen LogP contribution in [0.25, 0.3) is 0 Å². The molecule has 5 heteroatoms. The predicted molar refractivity (Wildman–Crippen MR) is 112 cm³/mol. The Labute approximate surface area is 170 Å². The average molecular weight is 395 g/mol. The molecule has 0 saturated heterocycles. The normalized spacial score (nSPS) is 15.9. The SMILES string of the molecule is Cc1ccc(SCC(=O)N(Cc2ccc(C(=O)NC3CC3)cc2)C2CC2)cc1. The summed E-state index contributed by atoms with van der Waals surface area (Å²) in [5.41, 5.74) is 2.99. The van der Waals surface area contributed by atoms with Gasteiger partial charge in [-0.2, -0.15) is 0 Å². The molecule has 4 nitrogen and oxygen atoms in total. The standard InChI is InChI=1S/C23H26N2O2S/c1-16-2-12-21(13-3-16)28-15-22(26)25(20-10-11-20)14-17-4-6-18(7-5-17)23(27)24-19-8-9-19/h2-7,12-13,19-20H,8-11,14-15H2,1H3,(H,24,27). The minimum atomic E-state index is -0.00123. The highest BCUT2D eigenvalue weighted by Crippen LogP contribution is 2.30. The lowest BCUT2D eigenvalue weighted by Gasteiger charge is -2.22. The molecule has 0 aromatic heterocycles. The molecule has 2 amide bonds. The van der Waals surface area contributed by atoms with Crippen molar-refractivity contribution in [3.8, 4) is 0 Å². The van der Waals surface area contributed by atoms with Crippen LogP contribution in [0, 0.1) is 6.92 Å². The lowest BCUT2D eigenvalue weighted by Crippen LogP contribution is -2.34. The van der Waals surface area contributed by atoms with Gasteiger partial charge in [0.05, 0.1) is 5.75 Å². The van der Waals surface area contributed by atoms with E-state index in [9.17, 15) is 9.59 Å². The number of nitrogens with one attached hydrogen (secondary N) is 1. The maximum absolute atomic E-state index is 12.8. The summed E-state index contributed by atoms with van der Waals surface area (Å²) < 4.78 is 0. The van der Waals surface area contributed by atoms with Crippen LogP contribution in [-0.4, -0.2) is 34.6 Å². The molecule has 28 heavy (non-hydrogen) atoms. The van der Waals surface area contributed by atoms with E-state index in [0.29, 0.717) is 29.9 Å². The number of hydrogen-bond donors (Lipinski definition) is 1. The maximum atomic E-state index is 12.8. The van der Waals surface area contributed by atoms with Crippen molar-refractivity contribution < 1.29 is 9.59 Å². The summed E-state index contributed by atoms with van der Waals surface area (Å²) in [5, 5.41) is 3.01. The van der Waals surface area contributed by atoms with Gasteiger partial charge in [0.1, 0.15) is 0 Å².